The molecule has 2 aromatic carbocycles. The average Bonchev–Trinajstić information content (AvgIpc) is 2.79. The third kappa shape index (κ3) is 6.21. The molecule has 0 radical (unpaired) electrons. The molecule has 3 N–H and O–H groups in total. The first-order chi connectivity index (χ1) is 15.3. The zero-order valence-electron chi connectivity index (χ0n) is 18.6. The van der Waals surface area contributed by atoms with Gasteiger partial charge in [0.05, 0.1) is 24.3 Å². The van der Waals surface area contributed by atoms with Crippen LogP contribution in [0.4, 0.5) is 0 Å². The Kier molecular flexibility index (Phi) is 8.08. The number of ether oxygens (including phenoxy) is 1. The number of benzene rings is 2. The van der Waals surface area contributed by atoms with Crippen LogP contribution in [0.3, 0.4) is 0 Å². The number of rotatable bonds is 8. The lowest BCUT2D eigenvalue weighted by Crippen LogP contribution is -2.45. The van der Waals surface area contributed by atoms with Crippen molar-refractivity contribution >= 4 is 11.8 Å². The smallest absolute Gasteiger partial charge is 0.257 e. The number of aryl methyl sites for hydroxylation is 2. The fourth-order valence-electron chi connectivity index (χ4n) is 3.62. The zero-order valence-corrected chi connectivity index (χ0v) is 18.6. The lowest BCUT2D eigenvalue weighted by Gasteiger charge is -2.30. The molecule has 1 fully saturated rings. The first-order valence-corrected chi connectivity index (χ1v) is 10.8. The molecule has 2 amide bonds. The minimum atomic E-state index is -0.398. The van der Waals surface area contributed by atoms with Gasteiger partial charge in [-0.2, -0.15) is 0 Å². The normalized spacial score (nSPS) is 14.2. The molecule has 3 rings (SSSR count). The molecule has 0 saturated carbocycles. The van der Waals surface area contributed by atoms with E-state index in [1.807, 2.05) is 13.8 Å². The van der Waals surface area contributed by atoms with E-state index in [2.05, 4.69) is 10.2 Å². The molecular weight excluding hydrogens is 410 g/mol. The van der Waals surface area contributed by atoms with Crippen molar-refractivity contribution in [3.63, 3.8) is 0 Å². The van der Waals surface area contributed by atoms with E-state index in [0.29, 0.717) is 26.3 Å². The predicted octanol–water partition coefficient (Wildman–Crippen LogP) is 1.92. The summed E-state index contributed by atoms with van der Waals surface area (Å²) in [6.07, 6.45) is 0. The van der Waals surface area contributed by atoms with Gasteiger partial charge < -0.3 is 25.2 Å². The zero-order chi connectivity index (χ0) is 23.1. The molecule has 8 nitrogen and oxygen atoms in total. The molecule has 0 aromatic heterocycles. The minimum Gasteiger partial charge on any atom is -0.507 e. The van der Waals surface area contributed by atoms with Gasteiger partial charge in [-0.25, -0.2) is 0 Å². The Balaban J connectivity index is 1.67. The van der Waals surface area contributed by atoms with E-state index in [1.165, 1.54) is 12.1 Å². The molecule has 0 atom stereocenters. The standard InChI is InChI=1S/C24H31N3O5/c1-17-3-5-21(28)19(15-17)23(30)25-7-8-27(10-9-26-11-13-32-14-12-26)24(31)20-16-18(2)4-6-22(20)29/h3-6,15-16,28-29H,7-14H2,1-2H3,(H,25,30). The largest absolute Gasteiger partial charge is 0.507 e. The van der Waals surface area contributed by atoms with Crippen molar-refractivity contribution in [1.29, 1.82) is 0 Å². The van der Waals surface area contributed by atoms with Crippen LogP contribution in [-0.4, -0.2) is 84.3 Å². The highest BCUT2D eigenvalue weighted by atomic mass is 16.5. The van der Waals surface area contributed by atoms with Gasteiger partial charge in [-0.05, 0) is 38.1 Å². The maximum absolute atomic E-state index is 13.2. The number of morpholine rings is 1. The summed E-state index contributed by atoms with van der Waals surface area (Å²) in [6, 6.07) is 9.78. The van der Waals surface area contributed by atoms with Crippen molar-refractivity contribution in [3.05, 3.63) is 58.7 Å². The van der Waals surface area contributed by atoms with Crippen molar-refractivity contribution in [2.75, 3.05) is 52.5 Å². The summed E-state index contributed by atoms with van der Waals surface area (Å²) in [4.78, 5) is 29.6. The number of carbonyl (C=O) groups is 2. The molecule has 1 saturated heterocycles. The van der Waals surface area contributed by atoms with Crippen LogP contribution in [0.25, 0.3) is 0 Å². The van der Waals surface area contributed by atoms with Gasteiger partial charge in [0.15, 0.2) is 0 Å². The van der Waals surface area contributed by atoms with E-state index < -0.39 is 5.91 Å². The van der Waals surface area contributed by atoms with E-state index in [4.69, 9.17) is 4.74 Å². The highest BCUT2D eigenvalue weighted by Gasteiger charge is 2.21. The van der Waals surface area contributed by atoms with Crippen molar-refractivity contribution in [1.82, 2.24) is 15.1 Å². The highest BCUT2D eigenvalue weighted by Crippen LogP contribution is 2.20. The first-order valence-electron chi connectivity index (χ1n) is 10.8. The number of phenolic OH excluding ortho intramolecular Hbond substituents is 2. The summed E-state index contributed by atoms with van der Waals surface area (Å²) >= 11 is 0. The second-order valence-electron chi connectivity index (χ2n) is 8.04. The summed E-state index contributed by atoms with van der Waals surface area (Å²) in [7, 11) is 0. The fourth-order valence-corrected chi connectivity index (χ4v) is 3.62. The van der Waals surface area contributed by atoms with Crippen LogP contribution < -0.4 is 5.32 Å². The van der Waals surface area contributed by atoms with Crippen molar-refractivity contribution < 1.29 is 24.5 Å². The van der Waals surface area contributed by atoms with E-state index in [0.717, 1.165) is 24.2 Å². The molecule has 172 valence electrons. The molecule has 32 heavy (non-hydrogen) atoms. The summed E-state index contributed by atoms with van der Waals surface area (Å²) in [5, 5.41) is 23.0. The lowest BCUT2D eigenvalue weighted by molar-refractivity contribution is 0.0325. The Morgan fingerprint density at radius 1 is 0.969 bits per heavy atom. The number of hydrogen-bond acceptors (Lipinski definition) is 6. The van der Waals surface area contributed by atoms with Gasteiger partial charge >= 0.3 is 0 Å². The Labute approximate surface area is 188 Å². The summed E-state index contributed by atoms with van der Waals surface area (Å²) in [6.45, 7) is 8.28. The van der Waals surface area contributed by atoms with Gasteiger partial charge in [-0.15, -0.1) is 0 Å². The van der Waals surface area contributed by atoms with Crippen molar-refractivity contribution in [3.8, 4) is 11.5 Å². The monoisotopic (exact) mass is 441 g/mol. The molecule has 1 heterocycles. The van der Waals surface area contributed by atoms with Gasteiger partial charge in [0.25, 0.3) is 11.8 Å². The predicted molar refractivity (Wildman–Crippen MR) is 121 cm³/mol. The van der Waals surface area contributed by atoms with Crippen LogP contribution in [0, 0.1) is 13.8 Å². The third-order valence-corrected chi connectivity index (χ3v) is 5.52. The Bertz CT molecular complexity index is 957. The number of nitrogens with one attached hydrogen (secondary N) is 1. The molecule has 8 heteroatoms. The number of phenols is 2. The van der Waals surface area contributed by atoms with Crippen LogP contribution >= 0.6 is 0 Å². The van der Waals surface area contributed by atoms with Crippen LogP contribution in [0.1, 0.15) is 31.8 Å². The van der Waals surface area contributed by atoms with Gasteiger partial charge in [0.1, 0.15) is 11.5 Å². The van der Waals surface area contributed by atoms with Gasteiger partial charge in [0, 0.05) is 39.3 Å². The number of carbonyl (C=O) groups excluding carboxylic acids is 2. The quantitative estimate of drug-likeness (QED) is 0.579. The summed E-state index contributed by atoms with van der Waals surface area (Å²) in [5.41, 5.74) is 2.19. The number of amides is 2. The Hall–Kier alpha value is -3.10. The van der Waals surface area contributed by atoms with Crippen LogP contribution in [0.15, 0.2) is 36.4 Å². The first kappa shape index (κ1) is 23.6. The SMILES string of the molecule is Cc1ccc(O)c(C(=O)NCCN(CCN2CCOCC2)C(=O)c2cc(C)ccc2O)c1. The molecule has 0 aliphatic carbocycles. The van der Waals surface area contributed by atoms with Crippen molar-refractivity contribution in [2.45, 2.75) is 13.8 Å². The van der Waals surface area contributed by atoms with Crippen LogP contribution in [-0.2, 0) is 4.74 Å². The second kappa shape index (κ2) is 11.0. The van der Waals surface area contributed by atoms with E-state index in [1.54, 1.807) is 29.2 Å². The van der Waals surface area contributed by atoms with Gasteiger partial charge in [-0.3, -0.25) is 14.5 Å². The number of aromatic hydroxyl groups is 2. The average molecular weight is 442 g/mol. The van der Waals surface area contributed by atoms with E-state index >= 15 is 0 Å². The lowest BCUT2D eigenvalue weighted by atomic mass is 10.1. The van der Waals surface area contributed by atoms with E-state index in [-0.39, 0.29) is 41.6 Å². The maximum atomic E-state index is 13.2. The molecule has 0 spiro atoms. The van der Waals surface area contributed by atoms with E-state index in [9.17, 15) is 19.8 Å². The fraction of sp³-hybridized carbons (Fsp3) is 0.417. The molecule has 1 aliphatic heterocycles. The van der Waals surface area contributed by atoms with Crippen LogP contribution in [0.2, 0.25) is 0 Å². The Morgan fingerprint density at radius 2 is 1.56 bits per heavy atom. The molecule has 1 aliphatic rings. The second-order valence-corrected chi connectivity index (χ2v) is 8.04. The highest BCUT2D eigenvalue weighted by molar-refractivity contribution is 5.98. The van der Waals surface area contributed by atoms with Crippen molar-refractivity contribution in [2.24, 2.45) is 0 Å². The summed E-state index contributed by atoms with van der Waals surface area (Å²) < 4.78 is 5.38. The van der Waals surface area contributed by atoms with Crippen LogP contribution in [0.5, 0.6) is 11.5 Å². The molecule has 2 aromatic rings. The minimum absolute atomic E-state index is 0.0642. The molecule has 0 bridgehead atoms. The third-order valence-electron chi connectivity index (χ3n) is 5.52. The Morgan fingerprint density at radius 3 is 2.22 bits per heavy atom. The number of hydrogen-bond donors (Lipinski definition) is 3. The topological polar surface area (TPSA) is 102 Å². The van der Waals surface area contributed by atoms with Gasteiger partial charge in [0.2, 0.25) is 0 Å². The summed E-state index contributed by atoms with van der Waals surface area (Å²) in [5.74, 6) is -0.832. The van der Waals surface area contributed by atoms with Gasteiger partial charge in [-0.1, -0.05) is 23.3 Å². The molecular formula is C24H31N3O5. The number of nitrogens with zero attached hydrogens (tertiary/aromatic N) is 2. The molecule has 0 unspecified atom stereocenters. The maximum Gasteiger partial charge on any atom is 0.257 e.